The average Bonchev–Trinajstić information content (AvgIpc) is 2.90. The third kappa shape index (κ3) is 1.87. The Balaban J connectivity index is 2.15. The van der Waals surface area contributed by atoms with Crippen LogP contribution in [-0.4, -0.2) is 22.6 Å². The van der Waals surface area contributed by atoms with E-state index in [1.807, 2.05) is 25.1 Å². The lowest BCUT2D eigenvalue weighted by Crippen LogP contribution is -2.23. The zero-order valence-corrected chi connectivity index (χ0v) is 11.2. The van der Waals surface area contributed by atoms with Crippen LogP contribution in [0.25, 0.3) is 0 Å². The number of oxime groups is 1. The van der Waals surface area contributed by atoms with Gasteiger partial charge in [-0.1, -0.05) is 23.4 Å². The molecule has 1 aliphatic heterocycles. The summed E-state index contributed by atoms with van der Waals surface area (Å²) < 4.78 is 0. The number of anilines is 2. The van der Waals surface area contributed by atoms with Gasteiger partial charge in [0, 0.05) is 18.4 Å². The van der Waals surface area contributed by atoms with E-state index < -0.39 is 0 Å². The molecular formula is C15H16N4O. The number of nitrogens with two attached hydrogens (primary N) is 1. The molecule has 0 atom stereocenters. The van der Waals surface area contributed by atoms with Crippen LogP contribution in [0.5, 0.6) is 0 Å². The number of para-hydroxylation sites is 1. The predicted molar refractivity (Wildman–Crippen MR) is 78.6 cm³/mol. The Hall–Kier alpha value is -2.56. The topological polar surface area (TPSA) is 74.7 Å². The summed E-state index contributed by atoms with van der Waals surface area (Å²) in [6.07, 6.45) is 2.72. The number of hydrogen-bond donors (Lipinski definition) is 2. The highest BCUT2D eigenvalue weighted by molar-refractivity contribution is 6.03. The Labute approximate surface area is 117 Å². The van der Waals surface area contributed by atoms with E-state index in [1.165, 1.54) is 5.56 Å². The van der Waals surface area contributed by atoms with Crippen molar-refractivity contribution in [3.63, 3.8) is 0 Å². The molecule has 2 aromatic rings. The molecule has 5 nitrogen and oxygen atoms in total. The van der Waals surface area contributed by atoms with Crippen molar-refractivity contribution in [3.05, 3.63) is 53.2 Å². The van der Waals surface area contributed by atoms with Gasteiger partial charge in [0.1, 0.15) is 5.82 Å². The van der Waals surface area contributed by atoms with Gasteiger partial charge in [-0.25, -0.2) is 4.98 Å². The molecule has 0 saturated heterocycles. The molecule has 102 valence electrons. The van der Waals surface area contributed by atoms with Gasteiger partial charge in [0.05, 0.1) is 5.56 Å². The van der Waals surface area contributed by atoms with Gasteiger partial charge >= 0.3 is 0 Å². The minimum Gasteiger partial charge on any atom is -0.409 e. The van der Waals surface area contributed by atoms with Crippen LogP contribution in [0.15, 0.2) is 41.7 Å². The van der Waals surface area contributed by atoms with Crippen molar-refractivity contribution in [1.29, 1.82) is 0 Å². The van der Waals surface area contributed by atoms with Crippen LogP contribution < -0.4 is 10.6 Å². The Morgan fingerprint density at radius 2 is 2.15 bits per heavy atom. The minimum atomic E-state index is 0.0926. The third-order valence-corrected chi connectivity index (χ3v) is 3.65. The van der Waals surface area contributed by atoms with Crippen molar-refractivity contribution >= 4 is 17.3 Å². The second kappa shape index (κ2) is 4.85. The first-order chi connectivity index (χ1) is 9.72. The zero-order chi connectivity index (χ0) is 14.1. The van der Waals surface area contributed by atoms with Gasteiger partial charge in [-0.3, -0.25) is 0 Å². The monoisotopic (exact) mass is 268 g/mol. The molecule has 5 heteroatoms. The van der Waals surface area contributed by atoms with Crippen molar-refractivity contribution in [2.24, 2.45) is 10.9 Å². The largest absolute Gasteiger partial charge is 0.409 e. The van der Waals surface area contributed by atoms with E-state index in [0.29, 0.717) is 5.56 Å². The maximum Gasteiger partial charge on any atom is 0.174 e. The Morgan fingerprint density at radius 1 is 1.35 bits per heavy atom. The lowest BCUT2D eigenvalue weighted by molar-refractivity contribution is 0.318. The highest BCUT2D eigenvalue weighted by Gasteiger charge is 2.24. The van der Waals surface area contributed by atoms with E-state index in [-0.39, 0.29) is 5.84 Å². The van der Waals surface area contributed by atoms with Crippen LogP contribution in [0.1, 0.15) is 16.7 Å². The first kappa shape index (κ1) is 12.5. The lowest BCUT2D eigenvalue weighted by Gasteiger charge is -2.22. The summed E-state index contributed by atoms with van der Waals surface area (Å²) in [5, 5.41) is 12.1. The molecule has 0 radical (unpaired) electrons. The molecule has 3 rings (SSSR count). The first-order valence-electron chi connectivity index (χ1n) is 6.51. The van der Waals surface area contributed by atoms with Gasteiger partial charge in [0.2, 0.25) is 0 Å². The molecule has 0 amide bonds. The molecule has 1 aliphatic rings. The number of benzene rings is 1. The number of fused-ring (bicyclic) bond motifs is 1. The minimum absolute atomic E-state index is 0.0926. The predicted octanol–water partition coefficient (Wildman–Crippen LogP) is 2.18. The van der Waals surface area contributed by atoms with Crippen molar-refractivity contribution in [2.45, 2.75) is 13.3 Å². The maximum absolute atomic E-state index is 8.99. The molecule has 1 aromatic carbocycles. The summed E-state index contributed by atoms with van der Waals surface area (Å²) in [6.45, 7) is 2.78. The number of nitrogens with zero attached hydrogens (tertiary/aromatic N) is 3. The summed E-state index contributed by atoms with van der Waals surface area (Å²) >= 11 is 0. The van der Waals surface area contributed by atoms with Gasteiger partial charge in [0.15, 0.2) is 5.84 Å². The maximum atomic E-state index is 8.99. The van der Waals surface area contributed by atoms with E-state index in [9.17, 15) is 0 Å². The Morgan fingerprint density at radius 3 is 2.95 bits per heavy atom. The number of pyridine rings is 1. The van der Waals surface area contributed by atoms with E-state index in [0.717, 1.165) is 30.0 Å². The van der Waals surface area contributed by atoms with E-state index in [1.54, 1.807) is 6.20 Å². The van der Waals surface area contributed by atoms with E-state index in [2.05, 4.69) is 27.2 Å². The molecule has 1 aromatic heterocycles. The first-order valence-corrected chi connectivity index (χ1v) is 6.51. The molecule has 3 N–H and O–H groups in total. The fraction of sp³-hybridized carbons (Fsp3) is 0.200. The molecule has 20 heavy (non-hydrogen) atoms. The Bertz CT molecular complexity index is 681. The van der Waals surface area contributed by atoms with Crippen LogP contribution >= 0.6 is 0 Å². The van der Waals surface area contributed by atoms with Crippen molar-refractivity contribution in [3.8, 4) is 0 Å². The van der Waals surface area contributed by atoms with E-state index in [4.69, 9.17) is 10.9 Å². The van der Waals surface area contributed by atoms with Gasteiger partial charge in [0.25, 0.3) is 0 Å². The summed E-state index contributed by atoms with van der Waals surface area (Å²) in [6, 6.07) is 10.1. The number of aromatic nitrogens is 1. The van der Waals surface area contributed by atoms with Gasteiger partial charge in [-0.2, -0.15) is 0 Å². The number of hydrogen-bond acceptors (Lipinski definition) is 4. The van der Waals surface area contributed by atoms with Crippen molar-refractivity contribution < 1.29 is 5.21 Å². The second-order valence-electron chi connectivity index (χ2n) is 4.84. The molecular weight excluding hydrogens is 252 g/mol. The average molecular weight is 268 g/mol. The fourth-order valence-electron chi connectivity index (χ4n) is 2.67. The molecule has 0 saturated carbocycles. The smallest absolute Gasteiger partial charge is 0.174 e. The van der Waals surface area contributed by atoms with Crippen LogP contribution in [0, 0.1) is 6.92 Å². The molecule has 0 fully saturated rings. The van der Waals surface area contributed by atoms with Crippen LogP contribution in [0.3, 0.4) is 0 Å². The van der Waals surface area contributed by atoms with Crippen LogP contribution in [-0.2, 0) is 6.42 Å². The molecule has 0 unspecified atom stereocenters. The fourth-order valence-corrected chi connectivity index (χ4v) is 2.67. The Kier molecular flexibility index (Phi) is 3.02. The quantitative estimate of drug-likeness (QED) is 0.379. The summed E-state index contributed by atoms with van der Waals surface area (Å²) in [4.78, 5) is 6.56. The highest BCUT2D eigenvalue weighted by atomic mass is 16.4. The normalized spacial score (nSPS) is 14.4. The highest BCUT2D eigenvalue weighted by Crippen LogP contribution is 2.35. The van der Waals surface area contributed by atoms with E-state index >= 15 is 0 Å². The standard InChI is InChI=1S/C15H16N4O/c1-10-6-8-17-15(13(10)14(16)18-20)19-9-7-11-4-2-3-5-12(11)19/h2-6,8,20H,7,9H2,1H3,(H2,16,18). The van der Waals surface area contributed by atoms with Crippen molar-refractivity contribution in [2.75, 3.05) is 11.4 Å². The van der Waals surface area contributed by atoms with Gasteiger partial charge in [-0.05, 0) is 36.6 Å². The summed E-state index contributed by atoms with van der Waals surface area (Å²) in [7, 11) is 0. The zero-order valence-electron chi connectivity index (χ0n) is 11.2. The molecule has 0 aliphatic carbocycles. The second-order valence-corrected chi connectivity index (χ2v) is 4.84. The summed E-state index contributed by atoms with van der Waals surface area (Å²) in [5.74, 6) is 0.834. The van der Waals surface area contributed by atoms with Gasteiger partial charge in [-0.15, -0.1) is 0 Å². The van der Waals surface area contributed by atoms with Crippen LogP contribution in [0.2, 0.25) is 0 Å². The van der Waals surface area contributed by atoms with Gasteiger partial charge < -0.3 is 15.8 Å². The summed E-state index contributed by atoms with van der Waals surface area (Å²) in [5.41, 5.74) is 9.87. The SMILES string of the molecule is Cc1ccnc(N2CCc3ccccc32)c1/C(N)=N/O. The van der Waals surface area contributed by atoms with Crippen LogP contribution in [0.4, 0.5) is 11.5 Å². The lowest BCUT2D eigenvalue weighted by atomic mass is 10.1. The molecule has 0 bridgehead atoms. The molecule has 2 heterocycles. The van der Waals surface area contributed by atoms with Crippen molar-refractivity contribution in [1.82, 2.24) is 4.98 Å². The number of amidine groups is 1. The number of aryl methyl sites for hydroxylation is 1. The third-order valence-electron chi connectivity index (χ3n) is 3.65. The number of rotatable bonds is 2. The molecule has 0 spiro atoms.